The summed E-state index contributed by atoms with van der Waals surface area (Å²) in [6.07, 6.45) is 1.76. The number of benzene rings is 1. The van der Waals surface area contributed by atoms with Crippen LogP contribution in [0.25, 0.3) is 0 Å². The van der Waals surface area contributed by atoms with Gasteiger partial charge in [-0.05, 0) is 37.1 Å². The van der Waals surface area contributed by atoms with Gasteiger partial charge in [0.05, 0.1) is 5.92 Å². The number of Topliss-reactive ketones (excluding diaryl/α,β-unsaturated/α-hetero) is 1. The lowest BCUT2D eigenvalue weighted by Crippen LogP contribution is -2.45. The van der Waals surface area contributed by atoms with Crippen LogP contribution in [0.2, 0.25) is 0 Å². The Hall–Kier alpha value is -2.90. The minimum atomic E-state index is -0.680. The molecule has 0 saturated carbocycles. The summed E-state index contributed by atoms with van der Waals surface area (Å²) in [7, 11) is 0. The van der Waals surface area contributed by atoms with Crippen molar-refractivity contribution in [2.75, 3.05) is 26.3 Å². The summed E-state index contributed by atoms with van der Waals surface area (Å²) in [5.74, 6) is -1.38. The normalized spacial score (nSPS) is 16.5. The molecule has 8 nitrogen and oxygen atoms in total. The van der Waals surface area contributed by atoms with Crippen molar-refractivity contribution in [2.45, 2.75) is 26.2 Å². The topological polar surface area (TPSA) is 116 Å². The number of rotatable bonds is 8. The maximum absolute atomic E-state index is 12.1. The van der Waals surface area contributed by atoms with Gasteiger partial charge in [0, 0.05) is 25.1 Å². The van der Waals surface area contributed by atoms with Gasteiger partial charge in [-0.1, -0.05) is 6.92 Å². The average molecular weight is 376 g/mol. The molecule has 0 aliphatic carbocycles. The van der Waals surface area contributed by atoms with Gasteiger partial charge in [0.25, 0.3) is 5.91 Å². The molecular weight excluding hydrogens is 352 g/mol. The van der Waals surface area contributed by atoms with Crippen molar-refractivity contribution in [3.05, 3.63) is 29.8 Å². The van der Waals surface area contributed by atoms with Crippen LogP contribution in [0, 0.1) is 5.92 Å². The second-order valence-electron chi connectivity index (χ2n) is 6.33. The van der Waals surface area contributed by atoms with Gasteiger partial charge in [-0.2, -0.15) is 0 Å². The fourth-order valence-corrected chi connectivity index (χ4v) is 2.79. The lowest BCUT2D eigenvalue weighted by molar-refractivity contribution is -0.154. The average Bonchev–Trinajstić information content (AvgIpc) is 2.70. The van der Waals surface area contributed by atoms with Gasteiger partial charge in [-0.15, -0.1) is 0 Å². The first-order valence-corrected chi connectivity index (χ1v) is 8.89. The molecule has 0 spiro atoms. The highest BCUT2D eigenvalue weighted by Gasteiger charge is 2.27. The molecule has 1 aliphatic heterocycles. The van der Waals surface area contributed by atoms with E-state index in [1.165, 1.54) is 4.90 Å². The summed E-state index contributed by atoms with van der Waals surface area (Å²) in [5, 5.41) is 0. The van der Waals surface area contributed by atoms with Gasteiger partial charge >= 0.3 is 5.97 Å². The van der Waals surface area contributed by atoms with Crippen LogP contribution in [0.3, 0.4) is 0 Å². The Bertz CT molecular complexity index is 701. The molecule has 0 unspecified atom stereocenters. The van der Waals surface area contributed by atoms with Crippen LogP contribution < -0.4 is 10.5 Å². The fraction of sp³-hybridized carbons (Fsp3) is 0.474. The molecule has 1 saturated heterocycles. The third-order valence-electron chi connectivity index (χ3n) is 4.39. The summed E-state index contributed by atoms with van der Waals surface area (Å²) in [6, 6.07) is 6.45. The van der Waals surface area contributed by atoms with E-state index >= 15 is 0 Å². The molecule has 146 valence electrons. The monoisotopic (exact) mass is 376 g/mol. The molecule has 2 amide bonds. The van der Waals surface area contributed by atoms with Crippen LogP contribution in [0.15, 0.2) is 24.3 Å². The lowest BCUT2D eigenvalue weighted by atomic mass is 9.97. The number of amides is 2. The zero-order chi connectivity index (χ0) is 19.8. The van der Waals surface area contributed by atoms with Gasteiger partial charge < -0.3 is 20.1 Å². The summed E-state index contributed by atoms with van der Waals surface area (Å²) in [5.41, 5.74) is 5.86. The highest BCUT2D eigenvalue weighted by atomic mass is 16.6. The number of carbonyl (C=O) groups excluding carboxylic acids is 4. The molecule has 8 heteroatoms. The zero-order valence-electron chi connectivity index (χ0n) is 15.3. The van der Waals surface area contributed by atoms with E-state index in [4.69, 9.17) is 15.2 Å². The molecule has 1 aliphatic rings. The molecule has 0 radical (unpaired) electrons. The summed E-state index contributed by atoms with van der Waals surface area (Å²) >= 11 is 0. The van der Waals surface area contributed by atoms with Crippen molar-refractivity contribution in [2.24, 2.45) is 11.7 Å². The van der Waals surface area contributed by atoms with Crippen LogP contribution in [-0.2, 0) is 19.1 Å². The van der Waals surface area contributed by atoms with Crippen LogP contribution in [-0.4, -0.2) is 54.8 Å². The summed E-state index contributed by atoms with van der Waals surface area (Å²) in [6.45, 7) is 1.79. The predicted molar refractivity (Wildman–Crippen MR) is 96.0 cm³/mol. The molecule has 2 rings (SSSR count). The van der Waals surface area contributed by atoms with Gasteiger partial charge in [0.2, 0.25) is 5.91 Å². The summed E-state index contributed by atoms with van der Waals surface area (Å²) < 4.78 is 10.2. The maximum atomic E-state index is 12.1. The highest BCUT2D eigenvalue weighted by Crippen LogP contribution is 2.16. The molecule has 1 fully saturated rings. The van der Waals surface area contributed by atoms with E-state index in [9.17, 15) is 19.2 Å². The lowest BCUT2D eigenvalue weighted by Gasteiger charge is -2.31. The molecule has 1 aromatic rings. The third-order valence-corrected chi connectivity index (χ3v) is 4.39. The van der Waals surface area contributed by atoms with E-state index in [1.807, 2.05) is 0 Å². The van der Waals surface area contributed by atoms with Crippen LogP contribution >= 0.6 is 0 Å². The van der Waals surface area contributed by atoms with E-state index in [0.717, 1.165) is 0 Å². The van der Waals surface area contributed by atoms with Crippen LogP contribution in [0.5, 0.6) is 5.75 Å². The van der Waals surface area contributed by atoms with Crippen molar-refractivity contribution in [3.63, 3.8) is 0 Å². The number of likely N-dealkylation sites (tertiary alicyclic amines) is 1. The Kier molecular flexibility index (Phi) is 7.34. The molecular formula is C19H24N2O6. The standard InChI is InChI=1S/C19H24N2O6/c1-2-16(22)13-5-7-15(8-6-13)26-12-18(24)27-11-17(23)21-9-3-4-14(10-21)19(20)25/h5-8,14H,2-4,9-12H2,1H3,(H2,20,25)/t14-/m1/s1. The maximum Gasteiger partial charge on any atom is 0.344 e. The number of carbonyl (C=O) groups is 4. The zero-order valence-corrected chi connectivity index (χ0v) is 15.3. The molecule has 1 aromatic carbocycles. The molecule has 0 bridgehead atoms. The van der Waals surface area contributed by atoms with Crippen molar-refractivity contribution in [3.8, 4) is 5.75 Å². The van der Waals surface area contributed by atoms with Gasteiger partial charge in [0.15, 0.2) is 19.0 Å². The Morgan fingerprint density at radius 1 is 1.15 bits per heavy atom. The number of piperidine rings is 1. The molecule has 1 atom stereocenters. The number of hydrogen-bond donors (Lipinski definition) is 1. The number of ether oxygens (including phenoxy) is 2. The second-order valence-corrected chi connectivity index (χ2v) is 6.33. The van der Waals surface area contributed by atoms with E-state index in [0.29, 0.717) is 37.1 Å². The second kappa shape index (κ2) is 9.70. The van der Waals surface area contributed by atoms with E-state index < -0.39 is 18.5 Å². The third kappa shape index (κ3) is 6.09. The van der Waals surface area contributed by atoms with E-state index in [-0.39, 0.29) is 30.8 Å². The SMILES string of the molecule is CCC(=O)c1ccc(OCC(=O)OCC(=O)N2CCC[C@@H](C(N)=O)C2)cc1. The van der Waals surface area contributed by atoms with Crippen LogP contribution in [0.4, 0.5) is 0 Å². The summed E-state index contributed by atoms with van der Waals surface area (Å²) in [4.78, 5) is 48.1. The first kappa shape index (κ1) is 20.4. The predicted octanol–water partition coefficient (Wildman–Crippen LogP) is 0.925. The molecule has 1 heterocycles. The Morgan fingerprint density at radius 2 is 1.85 bits per heavy atom. The Labute approximate surface area is 157 Å². The Balaban J connectivity index is 1.73. The van der Waals surface area contributed by atoms with E-state index in [2.05, 4.69) is 0 Å². The van der Waals surface area contributed by atoms with Crippen molar-refractivity contribution in [1.82, 2.24) is 4.90 Å². The minimum Gasteiger partial charge on any atom is -0.482 e. The number of esters is 1. The molecule has 2 N–H and O–H groups in total. The number of nitrogens with two attached hydrogens (primary N) is 1. The van der Waals surface area contributed by atoms with Crippen molar-refractivity contribution >= 4 is 23.6 Å². The van der Waals surface area contributed by atoms with E-state index in [1.54, 1.807) is 31.2 Å². The molecule has 27 heavy (non-hydrogen) atoms. The van der Waals surface area contributed by atoms with Gasteiger partial charge in [0.1, 0.15) is 5.75 Å². The number of primary amides is 1. The van der Waals surface area contributed by atoms with Crippen molar-refractivity contribution in [1.29, 1.82) is 0 Å². The van der Waals surface area contributed by atoms with Gasteiger partial charge in [-0.25, -0.2) is 4.79 Å². The highest BCUT2D eigenvalue weighted by molar-refractivity contribution is 5.95. The Morgan fingerprint density at radius 3 is 2.48 bits per heavy atom. The van der Waals surface area contributed by atoms with Gasteiger partial charge in [-0.3, -0.25) is 14.4 Å². The fourth-order valence-electron chi connectivity index (χ4n) is 2.79. The first-order valence-electron chi connectivity index (χ1n) is 8.89. The number of nitrogens with zero attached hydrogens (tertiary/aromatic N) is 1. The van der Waals surface area contributed by atoms with Crippen molar-refractivity contribution < 1.29 is 28.7 Å². The smallest absolute Gasteiger partial charge is 0.344 e. The first-order chi connectivity index (χ1) is 12.9. The van der Waals surface area contributed by atoms with Crippen LogP contribution in [0.1, 0.15) is 36.5 Å². The largest absolute Gasteiger partial charge is 0.482 e. The number of ketones is 1. The quantitative estimate of drug-likeness (QED) is 0.533. The molecule has 0 aromatic heterocycles. The minimum absolute atomic E-state index is 0.0239. The number of hydrogen-bond acceptors (Lipinski definition) is 6.